The number of halogens is 1. The number of H-pyrrole nitrogens is 1. The van der Waals surface area contributed by atoms with Crippen molar-refractivity contribution < 1.29 is 18.5 Å². The van der Waals surface area contributed by atoms with E-state index in [1.165, 1.54) is 24.6 Å². The molecule has 0 spiro atoms. The Hall–Kier alpha value is -3.52. The van der Waals surface area contributed by atoms with Crippen molar-refractivity contribution in [3.63, 3.8) is 0 Å². The number of imidazole rings is 1. The van der Waals surface area contributed by atoms with Gasteiger partial charge in [0.2, 0.25) is 0 Å². The Bertz CT molecular complexity index is 1230. The Labute approximate surface area is 181 Å². The molecular weight excluding hydrogens is 415 g/mol. The van der Waals surface area contributed by atoms with Crippen LogP contribution in [0.25, 0.3) is 22.5 Å². The molecule has 2 heterocycles. The fourth-order valence-electron chi connectivity index (χ4n) is 3.32. The van der Waals surface area contributed by atoms with E-state index in [4.69, 9.17) is 0 Å². The maximum atomic E-state index is 13.4. The molecular formula is C23H22FN4O2S+. The first-order valence-electron chi connectivity index (χ1n) is 9.68. The van der Waals surface area contributed by atoms with E-state index in [9.17, 15) is 13.8 Å². The van der Waals surface area contributed by atoms with Gasteiger partial charge in [-0.3, -0.25) is 9.53 Å². The van der Waals surface area contributed by atoms with Gasteiger partial charge in [-0.05, 0) is 42.8 Å². The van der Waals surface area contributed by atoms with Crippen LogP contribution in [0.15, 0.2) is 78.1 Å². The van der Waals surface area contributed by atoms with Crippen LogP contribution in [0.4, 0.5) is 10.2 Å². The fourth-order valence-corrected chi connectivity index (χ4v) is 3.78. The lowest BCUT2D eigenvalue weighted by Gasteiger charge is -2.11. The predicted octanol–water partition coefficient (Wildman–Crippen LogP) is 4.32. The highest BCUT2D eigenvalue weighted by Crippen LogP contribution is 2.32. The number of aromatic nitrogens is 3. The summed E-state index contributed by atoms with van der Waals surface area (Å²) >= 11 is 0. The van der Waals surface area contributed by atoms with Gasteiger partial charge in [-0.15, -0.1) is 0 Å². The molecule has 2 atom stereocenters. The van der Waals surface area contributed by atoms with E-state index in [1.807, 2.05) is 37.3 Å². The van der Waals surface area contributed by atoms with Gasteiger partial charge >= 0.3 is 5.82 Å². The predicted molar refractivity (Wildman–Crippen MR) is 118 cm³/mol. The number of pyridine rings is 1. The van der Waals surface area contributed by atoms with Crippen LogP contribution in [0.3, 0.4) is 0 Å². The number of nitrogens with zero attached hydrogens (tertiary/aromatic N) is 2. The maximum absolute atomic E-state index is 13.4. The van der Waals surface area contributed by atoms with Gasteiger partial charge in [0.25, 0.3) is 0 Å². The molecule has 0 fully saturated rings. The van der Waals surface area contributed by atoms with Gasteiger partial charge in [0.05, 0.1) is 22.2 Å². The van der Waals surface area contributed by atoms with E-state index in [2.05, 4.69) is 15.3 Å². The molecule has 8 heteroatoms. The number of nitrogens with one attached hydrogen (secondary N) is 2. The summed E-state index contributed by atoms with van der Waals surface area (Å²) in [5.41, 5.74) is 3.69. The first-order chi connectivity index (χ1) is 14.9. The molecule has 0 aliphatic carbocycles. The van der Waals surface area contributed by atoms with Crippen molar-refractivity contribution in [3.8, 4) is 22.5 Å². The van der Waals surface area contributed by atoms with E-state index < -0.39 is 10.8 Å². The summed E-state index contributed by atoms with van der Waals surface area (Å²) in [6.07, 6.45) is 3.05. The summed E-state index contributed by atoms with van der Waals surface area (Å²) in [6, 6.07) is 19.3. The molecule has 4 aromatic rings. The number of hydrogen-bond acceptors (Lipinski definition) is 4. The van der Waals surface area contributed by atoms with Crippen molar-refractivity contribution in [3.05, 3.63) is 84.3 Å². The Kier molecular flexibility index (Phi) is 5.81. The summed E-state index contributed by atoms with van der Waals surface area (Å²) in [7, 11) is -1.33. The number of benzene rings is 2. The van der Waals surface area contributed by atoms with Crippen LogP contribution < -0.4 is 10.0 Å². The molecule has 0 amide bonds. The third kappa shape index (κ3) is 4.49. The zero-order chi connectivity index (χ0) is 22.0. The van der Waals surface area contributed by atoms with Gasteiger partial charge < -0.3 is 10.2 Å². The first-order valence-corrected chi connectivity index (χ1v) is 11.2. The Morgan fingerprint density at radius 2 is 1.81 bits per heavy atom. The third-order valence-electron chi connectivity index (χ3n) is 4.96. The van der Waals surface area contributed by atoms with Gasteiger partial charge in [-0.2, -0.15) is 0 Å². The molecule has 0 aliphatic rings. The van der Waals surface area contributed by atoms with E-state index in [-0.39, 0.29) is 11.9 Å². The van der Waals surface area contributed by atoms with Gasteiger partial charge in [0.1, 0.15) is 18.1 Å². The van der Waals surface area contributed by atoms with Crippen LogP contribution >= 0.6 is 0 Å². The van der Waals surface area contributed by atoms with E-state index in [0.29, 0.717) is 33.5 Å². The Balaban J connectivity index is 1.75. The highest BCUT2D eigenvalue weighted by Gasteiger charge is 2.21. The van der Waals surface area contributed by atoms with E-state index in [0.717, 1.165) is 10.3 Å². The second kappa shape index (κ2) is 8.69. The molecule has 158 valence electrons. The van der Waals surface area contributed by atoms with Crippen LogP contribution in [0.2, 0.25) is 0 Å². The summed E-state index contributed by atoms with van der Waals surface area (Å²) in [6.45, 7) is 2.00. The molecule has 4 rings (SSSR count). The number of aromatic amines is 1. The minimum absolute atomic E-state index is 0.0516. The van der Waals surface area contributed by atoms with Crippen LogP contribution in [-0.4, -0.2) is 25.6 Å². The van der Waals surface area contributed by atoms with Crippen LogP contribution in [0.1, 0.15) is 18.5 Å². The van der Waals surface area contributed by atoms with Crippen molar-refractivity contribution in [2.45, 2.75) is 18.1 Å². The van der Waals surface area contributed by atoms with Crippen LogP contribution in [-0.2, 0) is 10.8 Å². The average Bonchev–Trinajstić information content (AvgIpc) is 3.22. The van der Waals surface area contributed by atoms with E-state index in [1.54, 1.807) is 24.3 Å². The fraction of sp³-hybridized carbons (Fsp3) is 0.130. The molecule has 31 heavy (non-hydrogen) atoms. The lowest BCUT2D eigenvalue weighted by atomic mass is 10.1. The Morgan fingerprint density at radius 3 is 2.48 bits per heavy atom. The largest absolute Gasteiger partial charge is 0.350 e. The quantitative estimate of drug-likeness (QED) is 0.310. The SMILES string of the molecule is CC(Nc1cc(-c2nc(S(C)=O)[nH]c2-c2ccc(F)cc2)cc[n+]1O)c1ccccc1. The molecule has 0 saturated carbocycles. The minimum Gasteiger partial charge on any atom is -0.350 e. The molecule has 0 aliphatic heterocycles. The standard InChI is InChI=1S/C23H21FN4O2S/c1-15(16-6-4-3-5-7-16)25-20-14-18(12-13-28(20)29)22-21(26-23(27-22)31(2)30)17-8-10-19(24)11-9-17/h3-15,29H,1-2H3,(H,25,26,27)/p+1. The summed E-state index contributed by atoms with van der Waals surface area (Å²) in [5, 5.41) is 13.9. The highest BCUT2D eigenvalue weighted by atomic mass is 32.2. The lowest BCUT2D eigenvalue weighted by molar-refractivity contribution is -0.893. The van der Waals surface area contributed by atoms with Gasteiger partial charge in [0, 0.05) is 23.4 Å². The number of anilines is 1. The molecule has 3 N–H and O–H groups in total. The summed E-state index contributed by atoms with van der Waals surface area (Å²) < 4.78 is 26.5. The van der Waals surface area contributed by atoms with Crippen molar-refractivity contribution >= 4 is 16.6 Å². The second-order valence-electron chi connectivity index (χ2n) is 7.15. The molecule has 2 aromatic heterocycles. The van der Waals surface area contributed by atoms with E-state index >= 15 is 0 Å². The molecule has 0 radical (unpaired) electrons. The third-order valence-corrected chi connectivity index (χ3v) is 5.70. The Morgan fingerprint density at radius 1 is 1.10 bits per heavy atom. The van der Waals surface area contributed by atoms with Gasteiger partial charge in [0.15, 0.2) is 5.16 Å². The van der Waals surface area contributed by atoms with Crippen molar-refractivity contribution in [2.75, 3.05) is 11.6 Å². The minimum atomic E-state index is -1.33. The van der Waals surface area contributed by atoms with Gasteiger partial charge in [-0.25, -0.2) is 9.37 Å². The highest BCUT2D eigenvalue weighted by molar-refractivity contribution is 7.84. The smallest absolute Gasteiger partial charge is 0.315 e. The molecule has 6 nitrogen and oxygen atoms in total. The van der Waals surface area contributed by atoms with Gasteiger partial charge in [-0.1, -0.05) is 35.1 Å². The molecule has 2 aromatic carbocycles. The summed E-state index contributed by atoms with van der Waals surface area (Å²) in [4.78, 5) is 7.61. The molecule has 0 saturated heterocycles. The average molecular weight is 438 g/mol. The van der Waals surface area contributed by atoms with Crippen molar-refractivity contribution in [2.24, 2.45) is 0 Å². The normalized spacial score (nSPS) is 13.0. The zero-order valence-corrected chi connectivity index (χ0v) is 17.9. The summed E-state index contributed by atoms with van der Waals surface area (Å²) in [5.74, 6) is 0.132. The lowest BCUT2D eigenvalue weighted by Crippen LogP contribution is -2.34. The van der Waals surface area contributed by atoms with Crippen LogP contribution in [0.5, 0.6) is 0 Å². The zero-order valence-electron chi connectivity index (χ0n) is 17.0. The monoisotopic (exact) mass is 437 g/mol. The van der Waals surface area contributed by atoms with Crippen molar-refractivity contribution in [1.29, 1.82) is 0 Å². The number of rotatable bonds is 6. The second-order valence-corrected chi connectivity index (χ2v) is 8.44. The molecule has 2 unspecified atom stereocenters. The number of hydrogen-bond donors (Lipinski definition) is 3. The molecule has 0 bridgehead atoms. The topological polar surface area (TPSA) is 81.9 Å². The maximum Gasteiger partial charge on any atom is 0.315 e. The van der Waals surface area contributed by atoms with Crippen molar-refractivity contribution in [1.82, 2.24) is 9.97 Å². The first kappa shape index (κ1) is 20.7. The van der Waals surface area contributed by atoms with Crippen LogP contribution in [0, 0.1) is 5.82 Å².